The number of halogens is 1. The molecule has 1 aliphatic carbocycles. The standard InChI is InChI=1S/C17H15BrN4/c18-14-4-1-5-15-17(14)21-10-16(22-15)20-9-12-7-13(12)11-3-2-6-19-8-11/h1-6,8,10,12-13H,7,9H2,(H,20,22)/t12-,13-/m0/s1. The molecule has 2 atom stereocenters. The summed E-state index contributed by atoms with van der Waals surface area (Å²) >= 11 is 3.50. The molecule has 0 amide bonds. The Hall–Kier alpha value is -2.01. The minimum atomic E-state index is 0.628. The summed E-state index contributed by atoms with van der Waals surface area (Å²) in [6, 6.07) is 10.1. The minimum absolute atomic E-state index is 0.628. The second-order valence-corrected chi connectivity index (χ2v) is 6.49. The number of rotatable bonds is 4. The number of para-hydroxylation sites is 1. The molecule has 1 aliphatic rings. The maximum absolute atomic E-state index is 4.62. The molecule has 0 aliphatic heterocycles. The molecule has 22 heavy (non-hydrogen) atoms. The van der Waals surface area contributed by atoms with Gasteiger partial charge >= 0.3 is 0 Å². The molecule has 0 bridgehead atoms. The van der Waals surface area contributed by atoms with Gasteiger partial charge in [-0.15, -0.1) is 0 Å². The Kier molecular flexibility index (Phi) is 3.50. The van der Waals surface area contributed by atoms with Crippen molar-refractivity contribution in [3.05, 3.63) is 59.0 Å². The molecule has 5 heteroatoms. The molecule has 0 saturated heterocycles. The molecule has 1 N–H and O–H groups in total. The van der Waals surface area contributed by atoms with Gasteiger partial charge in [-0.3, -0.25) is 4.98 Å². The van der Waals surface area contributed by atoms with Gasteiger partial charge in [0.15, 0.2) is 0 Å². The summed E-state index contributed by atoms with van der Waals surface area (Å²) in [4.78, 5) is 13.3. The van der Waals surface area contributed by atoms with Gasteiger partial charge in [0.1, 0.15) is 11.3 Å². The SMILES string of the molecule is Brc1cccc2nc(NC[C@@H]3C[C@H]3c3cccnc3)cnc12. The molecule has 1 fully saturated rings. The third-order valence-corrected chi connectivity index (χ3v) is 4.74. The van der Waals surface area contributed by atoms with Gasteiger partial charge in [-0.25, -0.2) is 9.97 Å². The van der Waals surface area contributed by atoms with Crippen molar-refractivity contribution in [2.24, 2.45) is 5.92 Å². The van der Waals surface area contributed by atoms with Crippen LogP contribution < -0.4 is 5.32 Å². The minimum Gasteiger partial charge on any atom is -0.368 e. The third kappa shape index (κ3) is 2.68. The van der Waals surface area contributed by atoms with Crippen molar-refractivity contribution in [3.63, 3.8) is 0 Å². The van der Waals surface area contributed by atoms with E-state index in [0.717, 1.165) is 27.9 Å². The second-order valence-electron chi connectivity index (χ2n) is 5.63. The number of hydrogen-bond acceptors (Lipinski definition) is 4. The van der Waals surface area contributed by atoms with E-state index < -0.39 is 0 Å². The van der Waals surface area contributed by atoms with Gasteiger partial charge in [0.05, 0.1) is 11.7 Å². The van der Waals surface area contributed by atoms with Crippen molar-refractivity contribution in [2.75, 3.05) is 11.9 Å². The van der Waals surface area contributed by atoms with Gasteiger partial charge in [0, 0.05) is 23.4 Å². The zero-order chi connectivity index (χ0) is 14.9. The third-order valence-electron chi connectivity index (χ3n) is 4.10. The van der Waals surface area contributed by atoms with E-state index in [4.69, 9.17) is 0 Å². The zero-order valence-electron chi connectivity index (χ0n) is 11.9. The van der Waals surface area contributed by atoms with Crippen LogP contribution in [0, 0.1) is 5.92 Å². The lowest BCUT2D eigenvalue weighted by Gasteiger charge is -2.06. The Labute approximate surface area is 137 Å². The van der Waals surface area contributed by atoms with Gasteiger partial charge in [-0.05, 0) is 57.9 Å². The number of aromatic nitrogens is 3. The average molecular weight is 355 g/mol. The van der Waals surface area contributed by atoms with Crippen molar-refractivity contribution < 1.29 is 0 Å². The van der Waals surface area contributed by atoms with E-state index in [0.29, 0.717) is 11.8 Å². The van der Waals surface area contributed by atoms with Crippen LogP contribution >= 0.6 is 15.9 Å². The highest BCUT2D eigenvalue weighted by Crippen LogP contribution is 2.46. The van der Waals surface area contributed by atoms with Crippen LogP contribution in [-0.4, -0.2) is 21.5 Å². The van der Waals surface area contributed by atoms with E-state index in [1.54, 1.807) is 6.20 Å². The fourth-order valence-electron chi connectivity index (χ4n) is 2.80. The van der Waals surface area contributed by atoms with Crippen LogP contribution in [0.15, 0.2) is 53.4 Å². The first-order chi connectivity index (χ1) is 10.8. The van der Waals surface area contributed by atoms with E-state index in [1.165, 1.54) is 12.0 Å². The molecule has 0 radical (unpaired) electrons. The molecule has 3 aromatic rings. The van der Waals surface area contributed by atoms with Gasteiger partial charge in [-0.2, -0.15) is 0 Å². The number of nitrogens with zero attached hydrogens (tertiary/aromatic N) is 3. The Balaban J connectivity index is 1.43. The highest BCUT2D eigenvalue weighted by Gasteiger charge is 2.38. The lowest BCUT2D eigenvalue weighted by Crippen LogP contribution is -2.06. The van der Waals surface area contributed by atoms with Crippen molar-refractivity contribution in [2.45, 2.75) is 12.3 Å². The smallest absolute Gasteiger partial charge is 0.145 e. The largest absolute Gasteiger partial charge is 0.368 e. The number of benzene rings is 1. The molecule has 1 saturated carbocycles. The normalized spacial score (nSPS) is 20.0. The molecule has 2 aromatic heterocycles. The van der Waals surface area contributed by atoms with Gasteiger partial charge in [-0.1, -0.05) is 12.1 Å². The Morgan fingerprint density at radius 2 is 2.14 bits per heavy atom. The summed E-state index contributed by atoms with van der Waals surface area (Å²) in [6.07, 6.45) is 6.81. The Bertz CT molecular complexity index is 806. The summed E-state index contributed by atoms with van der Waals surface area (Å²) in [6.45, 7) is 0.924. The fourth-order valence-corrected chi connectivity index (χ4v) is 3.26. The van der Waals surface area contributed by atoms with E-state index in [1.807, 2.05) is 36.7 Å². The van der Waals surface area contributed by atoms with E-state index >= 15 is 0 Å². The molecule has 4 rings (SSSR count). The van der Waals surface area contributed by atoms with Crippen LogP contribution in [0.25, 0.3) is 11.0 Å². The lowest BCUT2D eigenvalue weighted by molar-refractivity contribution is 0.837. The lowest BCUT2D eigenvalue weighted by atomic mass is 10.1. The predicted octanol–water partition coefficient (Wildman–Crippen LogP) is 4.00. The Morgan fingerprint density at radius 3 is 3.00 bits per heavy atom. The van der Waals surface area contributed by atoms with Crippen molar-refractivity contribution in [1.29, 1.82) is 0 Å². The molecule has 4 nitrogen and oxygen atoms in total. The average Bonchev–Trinajstić information content (AvgIpc) is 3.34. The van der Waals surface area contributed by atoms with E-state index in [9.17, 15) is 0 Å². The van der Waals surface area contributed by atoms with E-state index in [-0.39, 0.29) is 0 Å². The summed E-state index contributed by atoms with van der Waals surface area (Å²) in [7, 11) is 0. The summed E-state index contributed by atoms with van der Waals surface area (Å²) in [5, 5.41) is 3.41. The number of anilines is 1. The molecule has 110 valence electrons. The summed E-state index contributed by atoms with van der Waals surface area (Å²) < 4.78 is 0.975. The Morgan fingerprint density at radius 1 is 1.18 bits per heavy atom. The summed E-state index contributed by atoms with van der Waals surface area (Å²) in [5.41, 5.74) is 3.13. The molecule has 2 heterocycles. The molecule has 0 spiro atoms. The van der Waals surface area contributed by atoms with Crippen LogP contribution in [0.1, 0.15) is 17.9 Å². The fraction of sp³-hybridized carbons (Fsp3) is 0.235. The van der Waals surface area contributed by atoms with E-state index in [2.05, 4.69) is 42.3 Å². The highest BCUT2D eigenvalue weighted by molar-refractivity contribution is 9.10. The van der Waals surface area contributed by atoms with Crippen LogP contribution in [0.3, 0.4) is 0 Å². The van der Waals surface area contributed by atoms with Crippen LogP contribution in [-0.2, 0) is 0 Å². The number of pyridine rings is 1. The van der Waals surface area contributed by atoms with Crippen LogP contribution in [0.2, 0.25) is 0 Å². The first-order valence-electron chi connectivity index (χ1n) is 7.36. The number of hydrogen-bond donors (Lipinski definition) is 1. The maximum atomic E-state index is 4.62. The van der Waals surface area contributed by atoms with Crippen LogP contribution in [0.5, 0.6) is 0 Å². The van der Waals surface area contributed by atoms with Gasteiger partial charge in [0.2, 0.25) is 0 Å². The predicted molar refractivity (Wildman–Crippen MR) is 90.8 cm³/mol. The maximum Gasteiger partial charge on any atom is 0.145 e. The molecular weight excluding hydrogens is 340 g/mol. The second kappa shape index (κ2) is 5.65. The topological polar surface area (TPSA) is 50.7 Å². The van der Waals surface area contributed by atoms with Gasteiger partial charge in [0.25, 0.3) is 0 Å². The van der Waals surface area contributed by atoms with Gasteiger partial charge < -0.3 is 5.32 Å². The zero-order valence-corrected chi connectivity index (χ0v) is 13.5. The quantitative estimate of drug-likeness (QED) is 0.769. The number of fused-ring (bicyclic) bond motifs is 1. The summed E-state index contributed by atoms with van der Waals surface area (Å²) in [5.74, 6) is 2.12. The van der Waals surface area contributed by atoms with Crippen molar-refractivity contribution in [1.82, 2.24) is 15.0 Å². The monoisotopic (exact) mass is 354 g/mol. The van der Waals surface area contributed by atoms with Crippen molar-refractivity contribution >= 4 is 32.8 Å². The molecular formula is C17H15BrN4. The van der Waals surface area contributed by atoms with Crippen LogP contribution in [0.4, 0.5) is 5.82 Å². The van der Waals surface area contributed by atoms with Crippen molar-refractivity contribution in [3.8, 4) is 0 Å². The highest BCUT2D eigenvalue weighted by atomic mass is 79.9. The first kappa shape index (κ1) is 13.6. The first-order valence-corrected chi connectivity index (χ1v) is 8.15. The molecule has 0 unspecified atom stereocenters. The number of nitrogens with one attached hydrogen (secondary N) is 1. The molecule has 1 aromatic carbocycles.